The summed E-state index contributed by atoms with van der Waals surface area (Å²) >= 11 is 0. The molecule has 0 bridgehead atoms. The maximum absolute atomic E-state index is 11.7. The quantitative estimate of drug-likeness (QED) is 0.200. The van der Waals surface area contributed by atoms with Gasteiger partial charge in [-0.3, -0.25) is 0 Å². The highest BCUT2D eigenvalue weighted by Crippen LogP contribution is 2.44. The van der Waals surface area contributed by atoms with E-state index in [2.05, 4.69) is 76.2 Å². The monoisotopic (exact) mass is 456 g/mol. The summed E-state index contributed by atoms with van der Waals surface area (Å²) in [5.74, 6) is 0. The van der Waals surface area contributed by atoms with Gasteiger partial charge in [-0.25, -0.2) is 4.70 Å². The predicted octanol–water partition coefficient (Wildman–Crippen LogP) is 9.92. The summed E-state index contributed by atoms with van der Waals surface area (Å²) in [6.07, 6.45) is 13.9. The minimum atomic E-state index is 0.992. The van der Waals surface area contributed by atoms with E-state index in [0.717, 1.165) is 61.0 Å². The van der Waals surface area contributed by atoms with Gasteiger partial charge in [0.05, 0.1) is 0 Å². The number of unbranched alkanes of at least 4 members (excludes halogenated alkanes) is 5. The topological polar surface area (TPSA) is 25.3 Å². The van der Waals surface area contributed by atoms with Gasteiger partial charge in [-0.1, -0.05) is 84.1 Å². The summed E-state index contributed by atoms with van der Waals surface area (Å²) in [7, 11) is 0. The molecule has 0 spiro atoms. The molecular weight excluding hydrogens is 412 g/mol. The van der Waals surface area contributed by atoms with E-state index in [-0.39, 0.29) is 0 Å². The maximum atomic E-state index is 11.7. The average molecular weight is 457 g/mol. The second-order valence-electron chi connectivity index (χ2n) is 9.73. The van der Waals surface area contributed by atoms with Gasteiger partial charge in [-0.05, 0) is 80.3 Å². The fourth-order valence-corrected chi connectivity index (χ4v) is 4.98. The van der Waals surface area contributed by atoms with Crippen molar-refractivity contribution in [1.82, 2.24) is 0 Å². The lowest BCUT2D eigenvalue weighted by Gasteiger charge is -2.10. The van der Waals surface area contributed by atoms with Gasteiger partial charge in [-0.15, -0.1) is 0 Å². The van der Waals surface area contributed by atoms with Crippen LogP contribution in [0.5, 0.6) is 0 Å². The largest absolute Gasteiger partial charge is 0.493 e. The fourth-order valence-electron chi connectivity index (χ4n) is 4.98. The molecule has 0 N–H and O–H groups in total. The van der Waals surface area contributed by atoms with Gasteiger partial charge in [0.15, 0.2) is 0 Å². The first-order valence-electron chi connectivity index (χ1n) is 13.8. The Bertz CT molecular complexity index is 990. The van der Waals surface area contributed by atoms with Gasteiger partial charge in [0.1, 0.15) is 0 Å². The molecule has 0 saturated carbocycles. The number of hydrogen-bond acceptors (Lipinski definition) is 0. The highest BCUT2D eigenvalue weighted by Gasteiger charge is 2.35. The molecule has 182 valence electrons. The number of nitrogens with zero attached hydrogens (tertiary/aromatic N) is 2. The Labute approximate surface area is 208 Å². The Hall–Kier alpha value is -2.48. The third kappa shape index (κ3) is 6.34. The van der Waals surface area contributed by atoms with Crippen molar-refractivity contribution in [2.45, 2.75) is 105 Å². The van der Waals surface area contributed by atoms with E-state index in [9.17, 15) is 5.53 Å². The summed E-state index contributed by atoms with van der Waals surface area (Å²) in [4.78, 5) is 0. The molecule has 0 unspecified atom stereocenters. The Kier molecular flexibility index (Phi) is 10.3. The Morgan fingerprint density at radius 3 is 1.50 bits per heavy atom. The minimum absolute atomic E-state index is 0.992. The van der Waals surface area contributed by atoms with E-state index in [1.165, 1.54) is 65.5 Å². The lowest BCUT2D eigenvalue weighted by atomic mass is 9.91. The molecule has 1 aliphatic rings. The molecule has 2 heteroatoms. The molecule has 34 heavy (non-hydrogen) atoms. The third-order valence-corrected chi connectivity index (χ3v) is 7.10. The first-order chi connectivity index (χ1) is 16.6. The Morgan fingerprint density at radius 2 is 1.00 bits per heavy atom. The lowest BCUT2D eigenvalue weighted by Crippen LogP contribution is -2.03. The molecule has 0 aliphatic carbocycles. The van der Waals surface area contributed by atoms with Crippen LogP contribution in [0.2, 0.25) is 0 Å². The predicted molar refractivity (Wildman–Crippen MR) is 147 cm³/mol. The van der Waals surface area contributed by atoms with Crippen LogP contribution in [0, 0.1) is 0 Å². The van der Waals surface area contributed by atoms with Crippen LogP contribution in [0.15, 0.2) is 59.7 Å². The van der Waals surface area contributed by atoms with Crippen LogP contribution in [-0.4, -0.2) is 4.70 Å². The van der Waals surface area contributed by atoms with E-state index in [1.54, 1.807) is 0 Å². The van der Waals surface area contributed by atoms with Crippen LogP contribution in [0.1, 0.15) is 114 Å². The van der Waals surface area contributed by atoms with Crippen molar-refractivity contribution < 1.29 is 4.70 Å². The van der Waals surface area contributed by atoms with E-state index in [4.69, 9.17) is 0 Å². The molecule has 0 aromatic heterocycles. The average Bonchev–Trinajstić information content (AvgIpc) is 3.15. The van der Waals surface area contributed by atoms with Crippen molar-refractivity contribution in [3.63, 3.8) is 0 Å². The van der Waals surface area contributed by atoms with E-state index in [1.807, 2.05) is 0 Å². The normalized spacial score (nSPS) is 13.9. The number of allylic oxidation sites excluding steroid dienone is 2. The lowest BCUT2D eigenvalue weighted by molar-refractivity contribution is -0.345. The summed E-state index contributed by atoms with van der Waals surface area (Å²) in [6, 6.07) is 17.7. The smallest absolute Gasteiger partial charge is 0.211 e. The molecule has 2 aromatic carbocycles. The second kappa shape index (κ2) is 13.4. The summed E-state index contributed by atoms with van der Waals surface area (Å²) in [5.41, 5.74) is 21.3. The van der Waals surface area contributed by atoms with Gasteiger partial charge in [0, 0.05) is 22.3 Å². The molecule has 0 radical (unpaired) electrons. The van der Waals surface area contributed by atoms with Crippen LogP contribution >= 0.6 is 0 Å². The fraction of sp³-hybridized carbons (Fsp3) is 0.500. The Morgan fingerprint density at radius 1 is 0.529 bits per heavy atom. The van der Waals surface area contributed by atoms with Crippen molar-refractivity contribution in [3.8, 4) is 0 Å². The molecule has 3 rings (SSSR count). The minimum Gasteiger partial charge on any atom is -0.493 e. The molecule has 1 aliphatic heterocycles. The molecule has 2 aromatic rings. The SMILES string of the molecule is CCCCCCC1=C(c2ccc(CCCC)cc2)[N+](=[N-])C(c2ccc(CC)cc2)=C1CCCC. The zero-order valence-corrected chi connectivity index (χ0v) is 22.0. The summed E-state index contributed by atoms with van der Waals surface area (Å²) < 4.78 is 1.52. The van der Waals surface area contributed by atoms with Crippen molar-refractivity contribution in [1.29, 1.82) is 0 Å². The van der Waals surface area contributed by atoms with Crippen LogP contribution in [0.25, 0.3) is 16.9 Å². The molecule has 1 heterocycles. The number of rotatable bonds is 14. The number of benzene rings is 2. The van der Waals surface area contributed by atoms with Crippen LogP contribution in [-0.2, 0) is 12.8 Å². The zero-order chi connectivity index (χ0) is 24.3. The van der Waals surface area contributed by atoms with Crippen LogP contribution in [0.3, 0.4) is 0 Å². The molecule has 0 amide bonds. The Balaban J connectivity index is 2.04. The van der Waals surface area contributed by atoms with Crippen LogP contribution in [0.4, 0.5) is 0 Å². The van der Waals surface area contributed by atoms with Crippen molar-refractivity contribution in [2.24, 2.45) is 0 Å². The van der Waals surface area contributed by atoms with E-state index >= 15 is 0 Å². The highest BCUT2D eigenvalue weighted by atomic mass is 15.2. The van der Waals surface area contributed by atoms with Gasteiger partial charge in [-0.2, -0.15) is 0 Å². The molecular formula is C32H44N2. The second-order valence-corrected chi connectivity index (χ2v) is 9.73. The number of hydrogen-bond donors (Lipinski definition) is 0. The van der Waals surface area contributed by atoms with Crippen LogP contribution < -0.4 is 0 Å². The maximum Gasteiger partial charge on any atom is 0.211 e. The van der Waals surface area contributed by atoms with E-state index in [0.29, 0.717) is 0 Å². The van der Waals surface area contributed by atoms with Crippen molar-refractivity contribution in [3.05, 3.63) is 87.5 Å². The van der Waals surface area contributed by atoms with Gasteiger partial charge in [0.25, 0.3) is 0 Å². The molecule has 0 saturated heterocycles. The zero-order valence-electron chi connectivity index (χ0n) is 22.0. The summed E-state index contributed by atoms with van der Waals surface area (Å²) in [5, 5.41) is 0. The first kappa shape index (κ1) is 26.1. The van der Waals surface area contributed by atoms with Crippen molar-refractivity contribution in [2.75, 3.05) is 0 Å². The third-order valence-electron chi connectivity index (χ3n) is 7.10. The number of aryl methyl sites for hydroxylation is 2. The summed E-state index contributed by atoms with van der Waals surface area (Å²) in [6.45, 7) is 8.94. The first-order valence-corrected chi connectivity index (χ1v) is 13.8. The van der Waals surface area contributed by atoms with Gasteiger partial charge < -0.3 is 5.53 Å². The van der Waals surface area contributed by atoms with Crippen molar-refractivity contribution >= 4 is 11.4 Å². The van der Waals surface area contributed by atoms with E-state index < -0.39 is 0 Å². The molecule has 0 fully saturated rings. The standard InChI is InChI=1S/C32H44N2/c1-5-9-12-13-16-30-29(15-11-7-3)31(27-21-17-25(8-4)18-22-27)34(33)32(30)28-23-19-26(20-24-28)14-10-6-2/h17-24H,5-16H2,1-4H3. The molecule has 0 atom stereocenters. The molecule has 2 nitrogen and oxygen atoms in total. The van der Waals surface area contributed by atoms with Gasteiger partial charge >= 0.3 is 0 Å². The highest BCUT2D eigenvalue weighted by molar-refractivity contribution is 5.82. The van der Waals surface area contributed by atoms with Gasteiger partial charge in [0.2, 0.25) is 11.4 Å².